The Morgan fingerprint density at radius 3 is 0.966 bits per heavy atom. The molecule has 0 amide bonds. The van der Waals surface area contributed by atoms with E-state index < -0.39 is 0 Å². The second kappa shape index (κ2) is 48.9. The SMILES string of the molecule is CCCCCCCCc1ccc(OCCOCCOCCOCCOCCOCCOCCOCCOCCOCCOCCOCCOCCCCCCI)cc1. The number of alkyl halides is 1. The van der Waals surface area contributed by atoms with Crippen LogP contribution in [0.4, 0.5) is 0 Å². The van der Waals surface area contributed by atoms with Gasteiger partial charge in [-0.25, -0.2) is 0 Å². The van der Waals surface area contributed by atoms with Crippen molar-refractivity contribution in [3.8, 4) is 5.75 Å². The second-order valence-corrected chi connectivity index (χ2v) is 14.5. The van der Waals surface area contributed by atoms with Crippen LogP contribution in [0.3, 0.4) is 0 Å². The Morgan fingerprint density at radius 1 is 0.310 bits per heavy atom. The third-order valence-corrected chi connectivity index (χ3v) is 9.27. The van der Waals surface area contributed by atoms with Crippen LogP contribution in [0.25, 0.3) is 0 Å². The molecule has 14 heteroatoms. The largest absolute Gasteiger partial charge is 0.491 e. The molecule has 0 radical (unpaired) electrons. The standard InChI is InChI=1S/C44H81IO13/c1-2-3-4-5-6-9-12-43-13-15-44(16-14-43)58-42-41-57-40-39-56-38-37-55-36-35-54-34-33-53-32-31-52-30-29-51-28-27-50-26-25-49-24-23-48-22-21-47-20-19-46-18-11-8-7-10-17-45/h13-16H,2-12,17-42H2,1H3. The minimum Gasteiger partial charge on any atom is -0.491 e. The average molecular weight is 945 g/mol. The Labute approximate surface area is 365 Å². The van der Waals surface area contributed by atoms with Crippen LogP contribution in [0.15, 0.2) is 24.3 Å². The van der Waals surface area contributed by atoms with E-state index in [9.17, 15) is 0 Å². The molecule has 0 unspecified atom stereocenters. The highest BCUT2D eigenvalue weighted by atomic mass is 127. The maximum absolute atomic E-state index is 5.78. The van der Waals surface area contributed by atoms with E-state index in [0.29, 0.717) is 159 Å². The minimum atomic E-state index is 0.512. The van der Waals surface area contributed by atoms with Crippen molar-refractivity contribution in [2.45, 2.75) is 77.6 Å². The van der Waals surface area contributed by atoms with Crippen molar-refractivity contribution >= 4 is 22.6 Å². The van der Waals surface area contributed by atoms with Gasteiger partial charge in [-0.2, -0.15) is 0 Å². The van der Waals surface area contributed by atoms with Crippen LogP contribution < -0.4 is 4.74 Å². The van der Waals surface area contributed by atoms with Crippen LogP contribution >= 0.6 is 22.6 Å². The van der Waals surface area contributed by atoms with E-state index in [1.54, 1.807) is 0 Å². The van der Waals surface area contributed by atoms with Crippen molar-refractivity contribution in [3.05, 3.63) is 29.8 Å². The molecule has 0 saturated heterocycles. The van der Waals surface area contributed by atoms with E-state index in [1.165, 1.54) is 67.8 Å². The van der Waals surface area contributed by atoms with Crippen molar-refractivity contribution in [2.75, 3.05) is 170 Å². The molecule has 0 aliphatic heterocycles. The van der Waals surface area contributed by atoms with E-state index >= 15 is 0 Å². The topological polar surface area (TPSA) is 120 Å². The first kappa shape index (κ1) is 55.3. The van der Waals surface area contributed by atoms with Gasteiger partial charge < -0.3 is 61.6 Å². The lowest BCUT2D eigenvalue weighted by Gasteiger charge is -2.09. The van der Waals surface area contributed by atoms with Gasteiger partial charge in [-0.15, -0.1) is 0 Å². The van der Waals surface area contributed by atoms with Crippen LogP contribution in [0.1, 0.15) is 76.7 Å². The zero-order chi connectivity index (χ0) is 41.3. The normalized spacial score (nSPS) is 11.6. The van der Waals surface area contributed by atoms with E-state index in [0.717, 1.165) is 25.2 Å². The zero-order valence-corrected chi connectivity index (χ0v) is 38.3. The van der Waals surface area contributed by atoms with Gasteiger partial charge in [0.05, 0.1) is 152 Å². The first-order chi connectivity index (χ1) is 28.9. The fraction of sp³-hybridized carbons (Fsp3) is 0.864. The summed E-state index contributed by atoms with van der Waals surface area (Å²) in [5.41, 5.74) is 1.38. The molecule has 0 aliphatic rings. The number of halogens is 1. The molecule has 1 aromatic carbocycles. The van der Waals surface area contributed by atoms with Crippen LogP contribution in [0.5, 0.6) is 5.75 Å². The molecule has 342 valence electrons. The van der Waals surface area contributed by atoms with Crippen LogP contribution in [-0.2, 0) is 63.3 Å². The molecule has 0 bridgehead atoms. The predicted octanol–water partition coefficient (Wildman–Crippen LogP) is 7.16. The zero-order valence-electron chi connectivity index (χ0n) is 36.2. The summed E-state index contributed by atoms with van der Waals surface area (Å²) in [7, 11) is 0. The molecule has 0 aliphatic carbocycles. The summed E-state index contributed by atoms with van der Waals surface area (Å²) in [5.74, 6) is 0.886. The summed E-state index contributed by atoms with van der Waals surface area (Å²) in [6, 6.07) is 8.44. The number of unbranched alkanes of at least 4 members (excludes halogenated alkanes) is 8. The lowest BCUT2D eigenvalue weighted by atomic mass is 10.0. The smallest absolute Gasteiger partial charge is 0.119 e. The molecular weight excluding hydrogens is 863 g/mol. The molecule has 1 rings (SSSR count). The molecular formula is C44H81IO13. The molecule has 0 fully saturated rings. The number of rotatable bonds is 50. The van der Waals surface area contributed by atoms with Gasteiger partial charge >= 0.3 is 0 Å². The van der Waals surface area contributed by atoms with Gasteiger partial charge in [-0.05, 0) is 47.8 Å². The van der Waals surface area contributed by atoms with Gasteiger partial charge in [0.25, 0.3) is 0 Å². The maximum Gasteiger partial charge on any atom is 0.119 e. The molecule has 1 aromatic rings. The Balaban J connectivity index is 1.65. The fourth-order valence-corrected chi connectivity index (χ4v) is 5.79. The number of aryl methyl sites for hydroxylation is 1. The number of ether oxygens (including phenoxy) is 13. The highest BCUT2D eigenvalue weighted by Crippen LogP contribution is 2.15. The van der Waals surface area contributed by atoms with Gasteiger partial charge in [-0.3, -0.25) is 0 Å². The Kier molecular flexibility index (Phi) is 46.6. The lowest BCUT2D eigenvalue weighted by Crippen LogP contribution is -2.15. The first-order valence-corrected chi connectivity index (χ1v) is 23.6. The summed E-state index contributed by atoms with van der Waals surface area (Å²) >= 11 is 2.42. The average Bonchev–Trinajstić information content (AvgIpc) is 3.24. The Morgan fingerprint density at radius 2 is 0.603 bits per heavy atom. The van der Waals surface area contributed by atoms with Gasteiger partial charge in [0.2, 0.25) is 0 Å². The van der Waals surface area contributed by atoms with Crippen molar-refractivity contribution in [1.29, 1.82) is 0 Å². The quantitative estimate of drug-likeness (QED) is 0.0374. The summed E-state index contributed by atoms with van der Waals surface area (Å²) in [6.07, 6.45) is 14.1. The van der Waals surface area contributed by atoms with Gasteiger partial charge in [-0.1, -0.05) is 86.6 Å². The predicted molar refractivity (Wildman–Crippen MR) is 236 cm³/mol. The van der Waals surface area contributed by atoms with Gasteiger partial charge in [0.1, 0.15) is 12.4 Å². The summed E-state index contributed by atoms with van der Waals surface area (Å²) in [4.78, 5) is 0. The summed E-state index contributed by atoms with van der Waals surface area (Å²) in [5, 5.41) is 0. The van der Waals surface area contributed by atoms with Crippen LogP contribution in [0.2, 0.25) is 0 Å². The molecule has 0 aromatic heterocycles. The minimum absolute atomic E-state index is 0.512. The second-order valence-electron chi connectivity index (χ2n) is 13.5. The molecule has 0 heterocycles. The molecule has 0 spiro atoms. The number of hydrogen-bond donors (Lipinski definition) is 0. The summed E-state index contributed by atoms with van der Waals surface area (Å²) in [6.45, 7) is 15.9. The van der Waals surface area contributed by atoms with E-state index in [4.69, 9.17) is 61.6 Å². The molecule has 0 N–H and O–H groups in total. The molecule has 58 heavy (non-hydrogen) atoms. The van der Waals surface area contributed by atoms with Crippen molar-refractivity contribution in [1.82, 2.24) is 0 Å². The van der Waals surface area contributed by atoms with E-state index in [-0.39, 0.29) is 0 Å². The fourth-order valence-electron chi connectivity index (χ4n) is 5.25. The lowest BCUT2D eigenvalue weighted by molar-refractivity contribution is -0.0285. The van der Waals surface area contributed by atoms with E-state index in [2.05, 4.69) is 53.8 Å². The number of hydrogen-bond acceptors (Lipinski definition) is 13. The Bertz CT molecular complexity index is 903. The highest BCUT2D eigenvalue weighted by molar-refractivity contribution is 14.1. The summed E-state index contributed by atoms with van der Waals surface area (Å²) < 4.78 is 73.4. The maximum atomic E-state index is 5.78. The van der Waals surface area contributed by atoms with Crippen molar-refractivity contribution in [3.63, 3.8) is 0 Å². The van der Waals surface area contributed by atoms with Crippen molar-refractivity contribution < 1.29 is 61.6 Å². The molecule has 0 saturated carbocycles. The number of benzene rings is 1. The third-order valence-electron chi connectivity index (χ3n) is 8.50. The van der Waals surface area contributed by atoms with E-state index in [1.807, 2.05) is 0 Å². The van der Waals surface area contributed by atoms with Gasteiger partial charge in [0, 0.05) is 6.61 Å². The Hall–Kier alpha value is -0.730. The first-order valence-electron chi connectivity index (χ1n) is 22.1. The molecule has 0 atom stereocenters. The third kappa shape index (κ3) is 43.4. The van der Waals surface area contributed by atoms with Crippen LogP contribution in [0, 0.1) is 0 Å². The van der Waals surface area contributed by atoms with Crippen molar-refractivity contribution in [2.24, 2.45) is 0 Å². The van der Waals surface area contributed by atoms with Gasteiger partial charge in [0.15, 0.2) is 0 Å². The highest BCUT2D eigenvalue weighted by Gasteiger charge is 2.00. The van der Waals surface area contributed by atoms with Crippen LogP contribution in [-0.4, -0.2) is 170 Å². The monoisotopic (exact) mass is 944 g/mol. The molecule has 13 nitrogen and oxygen atoms in total.